The SMILES string of the molecule is CCCNC(CC)CN(CC(C)C)CC(C)C. The Kier molecular flexibility index (Phi) is 9.85. The molecular weight excluding hydrogens is 208 g/mol. The first-order valence-corrected chi connectivity index (χ1v) is 7.45. The Morgan fingerprint density at radius 2 is 1.41 bits per heavy atom. The summed E-state index contributed by atoms with van der Waals surface area (Å²) in [7, 11) is 0. The fraction of sp³-hybridized carbons (Fsp3) is 1.00. The summed E-state index contributed by atoms with van der Waals surface area (Å²) in [6.07, 6.45) is 2.46. The Morgan fingerprint density at radius 3 is 1.76 bits per heavy atom. The van der Waals surface area contributed by atoms with Crippen LogP contribution in [0.3, 0.4) is 0 Å². The topological polar surface area (TPSA) is 15.3 Å². The lowest BCUT2D eigenvalue weighted by Crippen LogP contribution is -2.43. The van der Waals surface area contributed by atoms with E-state index in [0.717, 1.165) is 18.4 Å². The molecule has 1 N–H and O–H groups in total. The Hall–Kier alpha value is -0.0800. The summed E-state index contributed by atoms with van der Waals surface area (Å²) >= 11 is 0. The van der Waals surface area contributed by atoms with Gasteiger partial charge >= 0.3 is 0 Å². The molecule has 17 heavy (non-hydrogen) atoms. The van der Waals surface area contributed by atoms with Crippen molar-refractivity contribution in [3.63, 3.8) is 0 Å². The van der Waals surface area contributed by atoms with Gasteiger partial charge in [0, 0.05) is 25.7 Å². The summed E-state index contributed by atoms with van der Waals surface area (Å²) in [5.74, 6) is 1.52. The van der Waals surface area contributed by atoms with Crippen LogP contribution in [-0.2, 0) is 0 Å². The Labute approximate surface area is 109 Å². The summed E-state index contributed by atoms with van der Waals surface area (Å²) in [6, 6.07) is 0.660. The predicted molar refractivity (Wildman–Crippen MR) is 78.5 cm³/mol. The standard InChI is InChI=1S/C15H34N2/c1-7-9-16-15(8-2)12-17(10-13(3)4)11-14(5)6/h13-16H,7-12H2,1-6H3. The highest BCUT2D eigenvalue weighted by Crippen LogP contribution is 2.06. The first-order chi connectivity index (χ1) is 7.99. The van der Waals surface area contributed by atoms with Crippen molar-refractivity contribution in [2.75, 3.05) is 26.2 Å². The Bertz CT molecular complexity index is 156. The van der Waals surface area contributed by atoms with Gasteiger partial charge in [-0.15, -0.1) is 0 Å². The van der Waals surface area contributed by atoms with E-state index in [2.05, 4.69) is 51.8 Å². The van der Waals surface area contributed by atoms with Crippen LogP contribution < -0.4 is 5.32 Å². The van der Waals surface area contributed by atoms with Crippen molar-refractivity contribution in [2.45, 2.75) is 60.4 Å². The summed E-state index contributed by atoms with van der Waals surface area (Å²) < 4.78 is 0. The molecule has 0 aliphatic carbocycles. The second-order valence-corrected chi connectivity index (χ2v) is 6.07. The van der Waals surface area contributed by atoms with Crippen LogP contribution in [0.25, 0.3) is 0 Å². The fourth-order valence-electron chi connectivity index (χ4n) is 2.25. The molecule has 0 spiro atoms. The van der Waals surface area contributed by atoms with Crippen molar-refractivity contribution in [1.82, 2.24) is 10.2 Å². The largest absolute Gasteiger partial charge is 0.313 e. The summed E-state index contributed by atoms with van der Waals surface area (Å²) in [5.41, 5.74) is 0. The molecule has 0 aliphatic rings. The maximum Gasteiger partial charge on any atom is 0.0192 e. The summed E-state index contributed by atoms with van der Waals surface area (Å²) in [6.45, 7) is 18.6. The van der Waals surface area contributed by atoms with E-state index < -0.39 is 0 Å². The lowest BCUT2D eigenvalue weighted by atomic mass is 10.1. The number of hydrogen-bond acceptors (Lipinski definition) is 2. The van der Waals surface area contributed by atoms with Gasteiger partial charge in [0.25, 0.3) is 0 Å². The zero-order chi connectivity index (χ0) is 13.3. The van der Waals surface area contributed by atoms with Crippen LogP contribution in [0.5, 0.6) is 0 Å². The number of nitrogens with one attached hydrogen (secondary N) is 1. The third kappa shape index (κ3) is 9.61. The average molecular weight is 242 g/mol. The molecule has 0 rings (SSSR count). The van der Waals surface area contributed by atoms with Gasteiger partial charge in [-0.1, -0.05) is 41.5 Å². The maximum absolute atomic E-state index is 3.65. The van der Waals surface area contributed by atoms with Gasteiger partial charge in [-0.25, -0.2) is 0 Å². The van der Waals surface area contributed by atoms with E-state index in [1.54, 1.807) is 0 Å². The highest BCUT2D eigenvalue weighted by Gasteiger charge is 2.14. The molecule has 0 radical (unpaired) electrons. The van der Waals surface area contributed by atoms with E-state index in [4.69, 9.17) is 0 Å². The number of rotatable bonds is 10. The number of hydrogen-bond donors (Lipinski definition) is 1. The van der Waals surface area contributed by atoms with Crippen molar-refractivity contribution < 1.29 is 0 Å². The van der Waals surface area contributed by atoms with Gasteiger partial charge in [-0.05, 0) is 31.2 Å². The van der Waals surface area contributed by atoms with E-state index in [1.165, 1.54) is 32.5 Å². The van der Waals surface area contributed by atoms with Gasteiger partial charge in [0.05, 0.1) is 0 Å². The van der Waals surface area contributed by atoms with Gasteiger partial charge in [0.2, 0.25) is 0 Å². The minimum atomic E-state index is 0.660. The van der Waals surface area contributed by atoms with Crippen LogP contribution in [0.15, 0.2) is 0 Å². The molecule has 0 amide bonds. The zero-order valence-electron chi connectivity index (χ0n) is 12.9. The molecule has 0 saturated carbocycles. The smallest absolute Gasteiger partial charge is 0.0192 e. The highest BCUT2D eigenvalue weighted by atomic mass is 15.1. The van der Waals surface area contributed by atoms with E-state index in [9.17, 15) is 0 Å². The monoisotopic (exact) mass is 242 g/mol. The Morgan fingerprint density at radius 1 is 0.882 bits per heavy atom. The van der Waals surface area contributed by atoms with Crippen molar-refractivity contribution in [1.29, 1.82) is 0 Å². The van der Waals surface area contributed by atoms with Crippen LogP contribution >= 0.6 is 0 Å². The van der Waals surface area contributed by atoms with Crippen molar-refractivity contribution in [3.8, 4) is 0 Å². The minimum Gasteiger partial charge on any atom is -0.313 e. The lowest BCUT2D eigenvalue weighted by Gasteiger charge is -2.30. The van der Waals surface area contributed by atoms with Crippen molar-refractivity contribution >= 4 is 0 Å². The van der Waals surface area contributed by atoms with Crippen LogP contribution in [0.4, 0.5) is 0 Å². The molecule has 0 aliphatic heterocycles. The normalized spacial score (nSPS) is 13.9. The van der Waals surface area contributed by atoms with Gasteiger partial charge in [0.15, 0.2) is 0 Å². The van der Waals surface area contributed by atoms with Gasteiger partial charge in [-0.2, -0.15) is 0 Å². The molecule has 0 heterocycles. The molecule has 0 aromatic carbocycles. The van der Waals surface area contributed by atoms with Crippen LogP contribution in [-0.4, -0.2) is 37.1 Å². The zero-order valence-corrected chi connectivity index (χ0v) is 12.9. The maximum atomic E-state index is 3.65. The minimum absolute atomic E-state index is 0.660. The molecule has 0 bridgehead atoms. The first-order valence-electron chi connectivity index (χ1n) is 7.45. The van der Waals surface area contributed by atoms with Crippen molar-refractivity contribution in [2.24, 2.45) is 11.8 Å². The molecule has 0 aromatic heterocycles. The van der Waals surface area contributed by atoms with Crippen molar-refractivity contribution in [3.05, 3.63) is 0 Å². The van der Waals surface area contributed by atoms with Gasteiger partial charge < -0.3 is 10.2 Å². The Balaban J connectivity index is 4.16. The molecule has 0 saturated heterocycles. The van der Waals surface area contributed by atoms with Gasteiger partial charge in [0.1, 0.15) is 0 Å². The molecule has 104 valence electrons. The number of nitrogens with zero attached hydrogens (tertiary/aromatic N) is 1. The molecule has 1 unspecified atom stereocenters. The van der Waals surface area contributed by atoms with E-state index in [0.29, 0.717) is 6.04 Å². The second kappa shape index (κ2) is 9.90. The molecular formula is C15H34N2. The van der Waals surface area contributed by atoms with Crippen LogP contribution in [0, 0.1) is 11.8 Å². The fourth-order valence-corrected chi connectivity index (χ4v) is 2.25. The summed E-state index contributed by atoms with van der Waals surface area (Å²) in [4.78, 5) is 2.63. The molecule has 1 atom stereocenters. The van der Waals surface area contributed by atoms with E-state index in [1.807, 2.05) is 0 Å². The average Bonchev–Trinajstić information content (AvgIpc) is 2.22. The first kappa shape index (κ1) is 16.9. The predicted octanol–water partition coefficient (Wildman–Crippen LogP) is 3.38. The van der Waals surface area contributed by atoms with E-state index >= 15 is 0 Å². The molecule has 2 nitrogen and oxygen atoms in total. The quantitative estimate of drug-likeness (QED) is 0.632. The van der Waals surface area contributed by atoms with Crippen LogP contribution in [0.1, 0.15) is 54.4 Å². The third-order valence-corrected chi connectivity index (χ3v) is 2.90. The van der Waals surface area contributed by atoms with Gasteiger partial charge in [-0.3, -0.25) is 0 Å². The summed E-state index contributed by atoms with van der Waals surface area (Å²) in [5, 5.41) is 3.65. The molecule has 2 heteroatoms. The lowest BCUT2D eigenvalue weighted by molar-refractivity contribution is 0.195. The molecule has 0 fully saturated rings. The molecule has 0 aromatic rings. The van der Waals surface area contributed by atoms with E-state index in [-0.39, 0.29) is 0 Å². The highest BCUT2D eigenvalue weighted by molar-refractivity contribution is 4.72. The van der Waals surface area contributed by atoms with Crippen LogP contribution in [0.2, 0.25) is 0 Å². The second-order valence-electron chi connectivity index (χ2n) is 6.07. The third-order valence-electron chi connectivity index (χ3n) is 2.90.